The number of benzene rings is 1. The van der Waals surface area contributed by atoms with Crippen molar-refractivity contribution in [1.82, 2.24) is 14.7 Å². The Kier molecular flexibility index (Phi) is 4.99. The second-order valence-corrected chi connectivity index (χ2v) is 8.11. The molecule has 0 bridgehead atoms. The van der Waals surface area contributed by atoms with Crippen molar-refractivity contribution in [3.8, 4) is 0 Å². The molecule has 0 spiro atoms. The molecule has 1 saturated heterocycles. The number of aromatic nitrogens is 2. The summed E-state index contributed by atoms with van der Waals surface area (Å²) in [6, 6.07) is 10.3. The highest BCUT2D eigenvalue weighted by atomic mass is 32.2. The number of sulfone groups is 1. The minimum atomic E-state index is -3.42. The van der Waals surface area contributed by atoms with Gasteiger partial charge in [-0.15, -0.1) is 0 Å². The van der Waals surface area contributed by atoms with Gasteiger partial charge in [0.25, 0.3) is 0 Å². The quantitative estimate of drug-likeness (QED) is 0.828. The van der Waals surface area contributed by atoms with E-state index in [0.29, 0.717) is 13.1 Å². The van der Waals surface area contributed by atoms with Crippen molar-refractivity contribution in [1.29, 1.82) is 0 Å². The Balaban J connectivity index is 1.59. The summed E-state index contributed by atoms with van der Waals surface area (Å²) >= 11 is 0. The van der Waals surface area contributed by atoms with Gasteiger partial charge in [0.15, 0.2) is 9.84 Å². The average Bonchev–Trinajstić information content (AvgIpc) is 3.15. The van der Waals surface area contributed by atoms with E-state index in [1.807, 2.05) is 16.9 Å². The monoisotopic (exact) mass is 347 g/mol. The van der Waals surface area contributed by atoms with Crippen LogP contribution in [0.15, 0.2) is 53.7 Å². The highest BCUT2D eigenvalue weighted by Gasteiger charge is 2.26. The highest BCUT2D eigenvalue weighted by molar-refractivity contribution is 7.91. The van der Waals surface area contributed by atoms with Gasteiger partial charge in [-0.05, 0) is 31.0 Å². The minimum absolute atomic E-state index is 0.0169. The Morgan fingerprint density at radius 2 is 2.00 bits per heavy atom. The number of hydrogen-bond acceptors (Lipinski definition) is 4. The van der Waals surface area contributed by atoms with Crippen LogP contribution in [-0.2, 0) is 14.6 Å². The number of piperidine rings is 1. The number of carbonyl (C=O) groups is 1. The predicted molar refractivity (Wildman–Crippen MR) is 90.2 cm³/mol. The summed E-state index contributed by atoms with van der Waals surface area (Å²) < 4.78 is 26.4. The van der Waals surface area contributed by atoms with Crippen LogP contribution in [0, 0.1) is 0 Å². The first-order valence-electron chi connectivity index (χ1n) is 8.11. The molecular weight excluding hydrogens is 326 g/mol. The normalized spacial score (nSPS) is 18.5. The van der Waals surface area contributed by atoms with Gasteiger partial charge in [-0.25, -0.2) is 8.42 Å². The summed E-state index contributed by atoms with van der Waals surface area (Å²) in [5.74, 6) is -0.259. The molecule has 6 nitrogen and oxygen atoms in total. The third kappa shape index (κ3) is 3.84. The number of likely N-dealkylation sites (tertiary alicyclic amines) is 1. The molecule has 2 aromatic rings. The number of hydrogen-bond donors (Lipinski definition) is 0. The minimum Gasteiger partial charge on any atom is -0.341 e. The fourth-order valence-corrected chi connectivity index (χ4v) is 4.27. The zero-order valence-electron chi connectivity index (χ0n) is 13.4. The summed E-state index contributed by atoms with van der Waals surface area (Å²) in [7, 11) is -3.42. The summed E-state index contributed by atoms with van der Waals surface area (Å²) in [6.45, 7) is 1.27. The Bertz CT molecular complexity index is 773. The molecule has 1 aliphatic heterocycles. The molecule has 1 aromatic carbocycles. The van der Waals surface area contributed by atoms with E-state index in [2.05, 4.69) is 5.10 Å². The van der Waals surface area contributed by atoms with Crippen LogP contribution in [0.1, 0.15) is 25.3 Å². The molecule has 0 N–H and O–H groups in total. The lowest BCUT2D eigenvalue weighted by molar-refractivity contribution is -0.132. The van der Waals surface area contributed by atoms with E-state index in [4.69, 9.17) is 0 Å². The zero-order chi connectivity index (χ0) is 17.0. The molecule has 0 aliphatic carbocycles. The topological polar surface area (TPSA) is 72.3 Å². The largest absolute Gasteiger partial charge is 0.341 e. The first-order chi connectivity index (χ1) is 11.6. The van der Waals surface area contributed by atoms with E-state index >= 15 is 0 Å². The summed E-state index contributed by atoms with van der Waals surface area (Å²) in [5.41, 5.74) is 0. The smallest absolute Gasteiger partial charge is 0.223 e. The van der Waals surface area contributed by atoms with Crippen LogP contribution in [0.4, 0.5) is 0 Å². The van der Waals surface area contributed by atoms with Crippen LogP contribution in [0.2, 0.25) is 0 Å². The number of nitrogens with zero attached hydrogens (tertiary/aromatic N) is 3. The van der Waals surface area contributed by atoms with E-state index < -0.39 is 9.84 Å². The first-order valence-corrected chi connectivity index (χ1v) is 9.76. The lowest BCUT2D eigenvalue weighted by Crippen LogP contribution is -2.41. The van der Waals surface area contributed by atoms with E-state index in [9.17, 15) is 13.2 Å². The highest BCUT2D eigenvalue weighted by Crippen LogP contribution is 2.21. The summed E-state index contributed by atoms with van der Waals surface area (Å²) in [4.78, 5) is 14.5. The third-order valence-electron chi connectivity index (χ3n) is 4.34. The molecule has 2 heterocycles. The van der Waals surface area contributed by atoms with E-state index in [-0.39, 0.29) is 29.0 Å². The average molecular weight is 347 g/mol. The van der Waals surface area contributed by atoms with Gasteiger partial charge in [0.1, 0.15) is 0 Å². The van der Waals surface area contributed by atoms with Crippen molar-refractivity contribution in [2.45, 2.75) is 30.2 Å². The maximum Gasteiger partial charge on any atom is 0.223 e. The molecule has 1 aliphatic rings. The summed E-state index contributed by atoms with van der Waals surface area (Å²) in [5, 5.41) is 4.24. The number of carbonyl (C=O) groups excluding carboxylic acids is 1. The second kappa shape index (κ2) is 7.17. The molecule has 1 amide bonds. The third-order valence-corrected chi connectivity index (χ3v) is 6.07. The maximum atomic E-state index is 12.4. The van der Waals surface area contributed by atoms with E-state index in [0.717, 1.165) is 12.8 Å². The van der Waals surface area contributed by atoms with Crippen molar-refractivity contribution < 1.29 is 13.2 Å². The van der Waals surface area contributed by atoms with Crippen molar-refractivity contribution in [3.63, 3.8) is 0 Å². The lowest BCUT2D eigenvalue weighted by Gasteiger charge is -2.33. The van der Waals surface area contributed by atoms with Gasteiger partial charge in [-0.1, -0.05) is 18.2 Å². The van der Waals surface area contributed by atoms with Gasteiger partial charge < -0.3 is 4.90 Å². The molecule has 0 saturated carbocycles. The van der Waals surface area contributed by atoms with Crippen LogP contribution in [0.3, 0.4) is 0 Å². The van der Waals surface area contributed by atoms with Gasteiger partial charge in [0.2, 0.25) is 5.91 Å². The second-order valence-electron chi connectivity index (χ2n) is 6.00. The molecule has 1 unspecified atom stereocenters. The van der Waals surface area contributed by atoms with Gasteiger partial charge in [0, 0.05) is 31.9 Å². The first kappa shape index (κ1) is 16.7. The molecule has 1 fully saturated rings. The molecule has 24 heavy (non-hydrogen) atoms. The number of rotatable bonds is 5. The van der Waals surface area contributed by atoms with Crippen LogP contribution >= 0.6 is 0 Å². The molecule has 7 heteroatoms. The molecular formula is C17H21N3O3S. The SMILES string of the molecule is O=C(CCS(=O)(=O)c1ccccc1)N1CCCC(n2cccn2)C1. The van der Waals surface area contributed by atoms with Crippen molar-refractivity contribution in [2.24, 2.45) is 0 Å². The van der Waals surface area contributed by atoms with Crippen molar-refractivity contribution in [2.75, 3.05) is 18.8 Å². The molecule has 1 aromatic heterocycles. The van der Waals surface area contributed by atoms with Crippen molar-refractivity contribution >= 4 is 15.7 Å². The number of amides is 1. The molecule has 128 valence electrons. The fourth-order valence-electron chi connectivity index (χ4n) is 3.02. The Labute approximate surface area is 142 Å². The Hall–Kier alpha value is -2.15. The predicted octanol–water partition coefficient (Wildman–Crippen LogP) is 1.91. The lowest BCUT2D eigenvalue weighted by atomic mass is 10.1. The van der Waals surface area contributed by atoms with Crippen molar-refractivity contribution in [3.05, 3.63) is 48.8 Å². The molecule has 0 radical (unpaired) electrons. The van der Waals surface area contributed by atoms with Gasteiger partial charge >= 0.3 is 0 Å². The van der Waals surface area contributed by atoms with Crippen LogP contribution < -0.4 is 0 Å². The van der Waals surface area contributed by atoms with Gasteiger partial charge in [-0.3, -0.25) is 9.48 Å². The Morgan fingerprint density at radius 3 is 2.71 bits per heavy atom. The summed E-state index contributed by atoms with van der Waals surface area (Å²) in [6.07, 6.45) is 5.53. The maximum absolute atomic E-state index is 12.4. The van der Waals surface area contributed by atoms with Crippen LogP contribution in [0.5, 0.6) is 0 Å². The van der Waals surface area contributed by atoms with Crippen LogP contribution in [0.25, 0.3) is 0 Å². The molecule has 3 rings (SSSR count). The van der Waals surface area contributed by atoms with Gasteiger partial charge in [-0.2, -0.15) is 5.10 Å². The van der Waals surface area contributed by atoms with Crippen LogP contribution in [-0.4, -0.2) is 47.8 Å². The fraction of sp³-hybridized carbons (Fsp3) is 0.412. The van der Waals surface area contributed by atoms with E-state index in [1.54, 1.807) is 41.4 Å². The standard InChI is InChI=1S/C17H21N3O3S/c21-17(9-13-24(22,23)16-7-2-1-3-8-16)19-11-4-6-15(14-19)20-12-5-10-18-20/h1-3,5,7-8,10,12,15H,4,6,9,11,13-14H2. The van der Waals surface area contributed by atoms with E-state index in [1.165, 1.54) is 0 Å². The zero-order valence-corrected chi connectivity index (χ0v) is 14.2. The Morgan fingerprint density at radius 1 is 1.21 bits per heavy atom. The molecule has 1 atom stereocenters. The van der Waals surface area contributed by atoms with Gasteiger partial charge in [0.05, 0.1) is 16.7 Å².